The lowest BCUT2D eigenvalue weighted by Gasteiger charge is -2.34. The van der Waals surface area contributed by atoms with Gasteiger partial charge in [0.15, 0.2) is 5.82 Å². The van der Waals surface area contributed by atoms with Crippen molar-refractivity contribution in [1.29, 1.82) is 0 Å². The van der Waals surface area contributed by atoms with Gasteiger partial charge >= 0.3 is 0 Å². The first kappa shape index (κ1) is 16.9. The van der Waals surface area contributed by atoms with Gasteiger partial charge in [-0.3, -0.25) is 0 Å². The van der Waals surface area contributed by atoms with Crippen LogP contribution in [0.3, 0.4) is 0 Å². The van der Waals surface area contributed by atoms with Gasteiger partial charge in [0.05, 0.1) is 10.6 Å². The van der Waals surface area contributed by atoms with Crippen molar-refractivity contribution in [3.05, 3.63) is 47.2 Å². The zero-order valence-electron chi connectivity index (χ0n) is 14.2. The van der Waals surface area contributed by atoms with Crippen LogP contribution in [0.5, 0.6) is 0 Å². The van der Waals surface area contributed by atoms with Crippen molar-refractivity contribution in [2.45, 2.75) is 25.7 Å². The Labute approximate surface area is 143 Å². The fourth-order valence-corrected chi connectivity index (χ4v) is 4.57. The van der Waals surface area contributed by atoms with Gasteiger partial charge in [0, 0.05) is 26.2 Å². The molecular weight excluding hydrogens is 324 g/mol. The molecule has 1 aliphatic rings. The Balaban J connectivity index is 1.76. The Morgan fingerprint density at radius 1 is 0.917 bits per heavy atom. The first-order chi connectivity index (χ1) is 11.4. The first-order valence-electron chi connectivity index (χ1n) is 8.00. The van der Waals surface area contributed by atoms with Crippen molar-refractivity contribution in [1.82, 2.24) is 14.5 Å². The normalized spacial score (nSPS) is 16.4. The van der Waals surface area contributed by atoms with Gasteiger partial charge in [-0.05, 0) is 50.1 Å². The minimum atomic E-state index is -3.46. The van der Waals surface area contributed by atoms with E-state index in [-0.39, 0.29) is 0 Å². The molecule has 0 aliphatic carbocycles. The van der Waals surface area contributed by atoms with Gasteiger partial charge in [0.25, 0.3) is 0 Å². The van der Waals surface area contributed by atoms with Crippen LogP contribution in [0, 0.1) is 20.8 Å². The number of hydrogen-bond donors (Lipinski definition) is 0. The molecule has 1 fully saturated rings. The number of nitrogens with zero attached hydrogens (tertiary/aromatic N) is 4. The van der Waals surface area contributed by atoms with Gasteiger partial charge in [-0.2, -0.15) is 9.40 Å². The quantitative estimate of drug-likeness (QED) is 0.849. The largest absolute Gasteiger partial charge is 0.352 e. The highest BCUT2D eigenvalue weighted by molar-refractivity contribution is 7.89. The van der Waals surface area contributed by atoms with Crippen molar-refractivity contribution in [2.75, 3.05) is 31.1 Å². The lowest BCUT2D eigenvalue weighted by molar-refractivity contribution is 0.383. The van der Waals surface area contributed by atoms with Crippen molar-refractivity contribution in [3.63, 3.8) is 0 Å². The summed E-state index contributed by atoms with van der Waals surface area (Å²) in [5, 5.41) is 8.25. The SMILES string of the molecule is Cc1ccc(C)c(S(=O)(=O)N2CCN(c3ccc(C)nn3)CC2)c1. The van der Waals surface area contributed by atoms with Crippen LogP contribution in [0.2, 0.25) is 0 Å². The monoisotopic (exact) mass is 346 g/mol. The summed E-state index contributed by atoms with van der Waals surface area (Å²) in [6.45, 7) is 7.77. The van der Waals surface area contributed by atoms with E-state index >= 15 is 0 Å². The van der Waals surface area contributed by atoms with Crippen LogP contribution in [0.4, 0.5) is 5.82 Å². The number of anilines is 1. The minimum absolute atomic E-state index is 0.408. The van der Waals surface area contributed by atoms with E-state index < -0.39 is 10.0 Å². The van der Waals surface area contributed by atoms with Gasteiger partial charge in [-0.15, -0.1) is 5.10 Å². The number of sulfonamides is 1. The second-order valence-corrected chi connectivity index (χ2v) is 8.10. The number of hydrogen-bond acceptors (Lipinski definition) is 5. The van der Waals surface area contributed by atoms with Crippen molar-refractivity contribution in [3.8, 4) is 0 Å². The average molecular weight is 346 g/mol. The van der Waals surface area contributed by atoms with Gasteiger partial charge in [-0.25, -0.2) is 8.42 Å². The molecule has 0 unspecified atom stereocenters. The number of aryl methyl sites for hydroxylation is 3. The third-order valence-corrected chi connectivity index (χ3v) is 6.35. The van der Waals surface area contributed by atoms with E-state index in [9.17, 15) is 8.42 Å². The third-order valence-electron chi connectivity index (χ3n) is 4.31. The van der Waals surface area contributed by atoms with Crippen molar-refractivity contribution >= 4 is 15.8 Å². The minimum Gasteiger partial charge on any atom is -0.352 e. The van der Waals surface area contributed by atoms with Gasteiger partial charge in [0.2, 0.25) is 10.0 Å². The van der Waals surface area contributed by atoms with E-state index in [4.69, 9.17) is 0 Å². The molecule has 128 valence electrons. The number of piperazine rings is 1. The summed E-state index contributed by atoms with van der Waals surface area (Å²) in [6.07, 6.45) is 0. The summed E-state index contributed by atoms with van der Waals surface area (Å²) in [5.74, 6) is 0.796. The summed E-state index contributed by atoms with van der Waals surface area (Å²) in [7, 11) is -3.46. The van der Waals surface area contributed by atoms with Crippen LogP contribution in [0.15, 0.2) is 35.2 Å². The summed E-state index contributed by atoms with van der Waals surface area (Å²) >= 11 is 0. The molecule has 0 amide bonds. The van der Waals surface area contributed by atoms with Crippen LogP contribution in [0.25, 0.3) is 0 Å². The maximum absolute atomic E-state index is 12.9. The molecule has 0 N–H and O–H groups in total. The van der Waals surface area contributed by atoms with E-state index in [0.29, 0.717) is 31.1 Å². The van der Waals surface area contributed by atoms with E-state index in [1.807, 2.05) is 45.0 Å². The molecule has 0 atom stereocenters. The topological polar surface area (TPSA) is 66.4 Å². The molecule has 6 nitrogen and oxygen atoms in total. The fraction of sp³-hybridized carbons (Fsp3) is 0.412. The van der Waals surface area contributed by atoms with Crippen LogP contribution >= 0.6 is 0 Å². The molecule has 1 aromatic heterocycles. The lowest BCUT2D eigenvalue weighted by atomic mass is 10.2. The Hall–Kier alpha value is -1.99. The summed E-state index contributed by atoms with van der Waals surface area (Å²) in [5.41, 5.74) is 2.61. The van der Waals surface area contributed by atoms with E-state index in [1.54, 1.807) is 10.4 Å². The van der Waals surface area contributed by atoms with Gasteiger partial charge in [-0.1, -0.05) is 12.1 Å². The molecular formula is C17H22N4O2S. The molecule has 7 heteroatoms. The molecule has 2 heterocycles. The number of aromatic nitrogens is 2. The van der Waals surface area contributed by atoms with Crippen molar-refractivity contribution < 1.29 is 8.42 Å². The Morgan fingerprint density at radius 2 is 1.62 bits per heavy atom. The molecule has 0 radical (unpaired) electrons. The molecule has 1 saturated heterocycles. The van der Waals surface area contributed by atoms with Gasteiger partial charge < -0.3 is 4.90 Å². The highest BCUT2D eigenvalue weighted by Gasteiger charge is 2.30. The van der Waals surface area contributed by atoms with Crippen LogP contribution < -0.4 is 4.90 Å². The smallest absolute Gasteiger partial charge is 0.243 e. The van der Waals surface area contributed by atoms with Crippen LogP contribution in [0.1, 0.15) is 16.8 Å². The third kappa shape index (κ3) is 3.27. The Morgan fingerprint density at radius 3 is 2.25 bits per heavy atom. The predicted octanol–water partition coefficient (Wildman–Crippen LogP) is 1.91. The second-order valence-electron chi connectivity index (χ2n) is 6.19. The van der Waals surface area contributed by atoms with E-state index in [2.05, 4.69) is 15.1 Å². The number of rotatable bonds is 3. The Kier molecular flexibility index (Phi) is 4.56. The van der Waals surface area contributed by atoms with Crippen LogP contribution in [-0.2, 0) is 10.0 Å². The zero-order valence-corrected chi connectivity index (χ0v) is 15.0. The summed E-state index contributed by atoms with van der Waals surface area (Å²) < 4.78 is 27.4. The zero-order chi connectivity index (χ0) is 17.3. The molecule has 1 aliphatic heterocycles. The predicted molar refractivity (Wildman–Crippen MR) is 93.7 cm³/mol. The molecule has 24 heavy (non-hydrogen) atoms. The highest BCUT2D eigenvalue weighted by atomic mass is 32.2. The van der Waals surface area contributed by atoms with E-state index in [0.717, 1.165) is 22.6 Å². The summed E-state index contributed by atoms with van der Waals surface area (Å²) in [6, 6.07) is 9.39. The summed E-state index contributed by atoms with van der Waals surface area (Å²) in [4.78, 5) is 2.48. The average Bonchev–Trinajstić information content (AvgIpc) is 2.58. The molecule has 0 bridgehead atoms. The highest BCUT2D eigenvalue weighted by Crippen LogP contribution is 2.23. The first-order valence-corrected chi connectivity index (χ1v) is 9.44. The lowest BCUT2D eigenvalue weighted by Crippen LogP contribution is -2.49. The number of benzene rings is 1. The second kappa shape index (κ2) is 6.49. The maximum Gasteiger partial charge on any atom is 0.243 e. The fourth-order valence-electron chi connectivity index (χ4n) is 2.84. The molecule has 0 spiro atoms. The van der Waals surface area contributed by atoms with Gasteiger partial charge in [0.1, 0.15) is 0 Å². The van der Waals surface area contributed by atoms with Crippen LogP contribution in [-0.4, -0.2) is 49.1 Å². The molecule has 2 aromatic rings. The van der Waals surface area contributed by atoms with E-state index in [1.165, 1.54) is 0 Å². The molecule has 3 rings (SSSR count). The molecule has 0 saturated carbocycles. The maximum atomic E-state index is 12.9. The molecule has 1 aromatic carbocycles. The standard InChI is InChI=1S/C17H22N4O2S/c1-13-4-5-14(2)16(12-13)24(22,23)21-10-8-20(9-11-21)17-7-6-15(3)18-19-17/h4-7,12H,8-11H2,1-3H3. The Bertz CT molecular complexity index is 826. The van der Waals surface area contributed by atoms with Crippen molar-refractivity contribution in [2.24, 2.45) is 0 Å².